The number of carboxylic acid groups (broad SMARTS) is 1. The van der Waals surface area contributed by atoms with Crippen molar-refractivity contribution >= 4 is 27.5 Å². The van der Waals surface area contributed by atoms with E-state index in [4.69, 9.17) is 0 Å². The molecular weight excluding hydrogens is 322 g/mol. The average molecular weight is 332 g/mol. The number of carbonyl (C=O) groups is 1. The van der Waals surface area contributed by atoms with Gasteiger partial charge in [-0.1, -0.05) is 34.1 Å². The highest BCUT2D eigenvalue weighted by Gasteiger charge is 2.17. The summed E-state index contributed by atoms with van der Waals surface area (Å²) in [5, 5.41) is 13.7. The third kappa shape index (κ3) is 1.98. The molecule has 5 nitrogen and oxygen atoms in total. The largest absolute Gasteiger partial charge is 0.476 e. The van der Waals surface area contributed by atoms with Crippen molar-refractivity contribution in [2.45, 2.75) is 6.92 Å². The zero-order chi connectivity index (χ0) is 14.3. The minimum atomic E-state index is -1.04. The van der Waals surface area contributed by atoms with Crippen LogP contribution in [0.4, 0.5) is 0 Å². The lowest BCUT2D eigenvalue weighted by molar-refractivity contribution is 0.0687. The van der Waals surface area contributed by atoms with E-state index in [2.05, 4.69) is 26.0 Å². The summed E-state index contributed by atoms with van der Waals surface area (Å²) in [6.07, 6.45) is 0. The van der Waals surface area contributed by atoms with Crippen molar-refractivity contribution in [3.8, 4) is 11.3 Å². The van der Waals surface area contributed by atoms with E-state index < -0.39 is 5.97 Å². The average Bonchev–Trinajstić information content (AvgIpc) is 2.74. The number of hydrogen-bond acceptors (Lipinski definition) is 3. The van der Waals surface area contributed by atoms with Gasteiger partial charge >= 0.3 is 5.97 Å². The maximum Gasteiger partial charge on any atom is 0.356 e. The van der Waals surface area contributed by atoms with Gasteiger partial charge < -0.3 is 5.11 Å². The Bertz CT molecular complexity index is 826. The molecule has 20 heavy (non-hydrogen) atoms. The molecule has 3 aromatic rings. The Morgan fingerprint density at radius 2 is 2.00 bits per heavy atom. The number of rotatable bonds is 2. The maximum atomic E-state index is 11.3. The molecule has 1 aromatic carbocycles. The van der Waals surface area contributed by atoms with E-state index in [0.29, 0.717) is 17.0 Å². The number of benzene rings is 1. The minimum absolute atomic E-state index is 0.0916. The van der Waals surface area contributed by atoms with Crippen molar-refractivity contribution in [3.05, 3.63) is 52.3 Å². The summed E-state index contributed by atoms with van der Waals surface area (Å²) in [6.45, 7) is 1.66. The quantitative estimate of drug-likeness (QED) is 0.783. The van der Waals surface area contributed by atoms with Crippen molar-refractivity contribution in [1.29, 1.82) is 0 Å². The number of imidazole rings is 1. The molecule has 3 rings (SSSR count). The Kier molecular flexibility index (Phi) is 3.02. The van der Waals surface area contributed by atoms with Crippen molar-refractivity contribution in [1.82, 2.24) is 14.6 Å². The molecule has 0 aliphatic heterocycles. The van der Waals surface area contributed by atoms with Crippen LogP contribution in [-0.2, 0) is 0 Å². The molecule has 0 amide bonds. The highest BCUT2D eigenvalue weighted by atomic mass is 79.9. The number of carboxylic acids is 1. The number of fused-ring (bicyclic) bond motifs is 1. The molecule has 0 saturated heterocycles. The van der Waals surface area contributed by atoms with Crippen LogP contribution >= 0.6 is 15.9 Å². The summed E-state index contributed by atoms with van der Waals surface area (Å²) in [5.74, 6) is -1.04. The maximum absolute atomic E-state index is 11.3. The standard InChI is InChI=1S/C14H10BrN3O2/c1-8-13(14(19)20)18-12(16-8)7-6-11(17-18)9-4-2-3-5-10(9)15/h2-7H,1H3,(H,19,20). The number of nitrogens with zero attached hydrogens (tertiary/aromatic N) is 3. The van der Waals surface area contributed by atoms with E-state index >= 15 is 0 Å². The van der Waals surface area contributed by atoms with Crippen LogP contribution in [0.2, 0.25) is 0 Å². The first-order valence-electron chi connectivity index (χ1n) is 5.92. The van der Waals surface area contributed by atoms with Gasteiger partial charge in [-0.05, 0) is 25.1 Å². The van der Waals surface area contributed by atoms with E-state index in [1.165, 1.54) is 4.52 Å². The van der Waals surface area contributed by atoms with E-state index in [0.717, 1.165) is 10.0 Å². The minimum Gasteiger partial charge on any atom is -0.476 e. The van der Waals surface area contributed by atoms with Gasteiger partial charge in [0.1, 0.15) is 0 Å². The molecule has 0 spiro atoms. The Morgan fingerprint density at radius 3 is 2.70 bits per heavy atom. The topological polar surface area (TPSA) is 67.5 Å². The molecule has 1 N–H and O–H groups in total. The van der Waals surface area contributed by atoms with Crippen LogP contribution in [0.15, 0.2) is 40.9 Å². The fourth-order valence-electron chi connectivity index (χ4n) is 2.10. The van der Waals surface area contributed by atoms with Crippen LogP contribution in [0.5, 0.6) is 0 Å². The van der Waals surface area contributed by atoms with Gasteiger partial charge in [0, 0.05) is 10.0 Å². The number of aromatic nitrogens is 3. The van der Waals surface area contributed by atoms with Crippen molar-refractivity contribution in [3.63, 3.8) is 0 Å². The molecule has 0 saturated carbocycles. The first kappa shape index (κ1) is 12.8. The summed E-state index contributed by atoms with van der Waals surface area (Å²) < 4.78 is 2.27. The fourth-order valence-corrected chi connectivity index (χ4v) is 2.59. The lowest BCUT2D eigenvalue weighted by Gasteiger charge is -2.04. The molecular formula is C14H10BrN3O2. The molecule has 0 unspecified atom stereocenters. The number of halogens is 1. The van der Waals surface area contributed by atoms with Gasteiger partial charge in [-0.25, -0.2) is 14.3 Å². The van der Waals surface area contributed by atoms with Crippen molar-refractivity contribution in [2.24, 2.45) is 0 Å². The fraction of sp³-hybridized carbons (Fsp3) is 0.0714. The van der Waals surface area contributed by atoms with Gasteiger partial charge in [-0.3, -0.25) is 0 Å². The molecule has 0 aliphatic carbocycles. The van der Waals surface area contributed by atoms with Crippen molar-refractivity contribution in [2.75, 3.05) is 0 Å². The second-order valence-corrected chi connectivity index (χ2v) is 5.17. The third-order valence-corrected chi connectivity index (χ3v) is 3.70. The van der Waals surface area contributed by atoms with E-state index in [-0.39, 0.29) is 5.69 Å². The van der Waals surface area contributed by atoms with E-state index in [9.17, 15) is 9.90 Å². The second-order valence-electron chi connectivity index (χ2n) is 4.32. The predicted octanol–water partition coefficient (Wildman–Crippen LogP) is 3.17. The van der Waals surface area contributed by atoms with Crippen LogP contribution in [0.25, 0.3) is 16.9 Å². The normalized spacial score (nSPS) is 10.9. The predicted molar refractivity (Wildman–Crippen MR) is 77.8 cm³/mol. The SMILES string of the molecule is Cc1nc2ccc(-c3ccccc3Br)nn2c1C(=O)O. The number of aromatic carboxylic acids is 1. The summed E-state index contributed by atoms with van der Waals surface area (Å²) in [4.78, 5) is 15.5. The zero-order valence-corrected chi connectivity index (χ0v) is 12.1. The van der Waals surface area contributed by atoms with Crippen LogP contribution < -0.4 is 0 Å². The summed E-state index contributed by atoms with van der Waals surface area (Å²) in [7, 11) is 0. The zero-order valence-electron chi connectivity index (χ0n) is 10.5. The second kappa shape index (κ2) is 4.72. The third-order valence-electron chi connectivity index (χ3n) is 3.00. The van der Waals surface area contributed by atoms with Crippen LogP contribution in [0.1, 0.15) is 16.2 Å². The highest BCUT2D eigenvalue weighted by Crippen LogP contribution is 2.26. The first-order valence-corrected chi connectivity index (χ1v) is 6.72. The molecule has 0 bridgehead atoms. The van der Waals surface area contributed by atoms with Gasteiger partial charge in [0.05, 0.1) is 11.4 Å². The van der Waals surface area contributed by atoms with Crippen molar-refractivity contribution < 1.29 is 9.90 Å². The summed E-state index contributed by atoms with van der Waals surface area (Å²) >= 11 is 3.47. The smallest absolute Gasteiger partial charge is 0.356 e. The van der Waals surface area contributed by atoms with Gasteiger partial charge in [-0.15, -0.1) is 0 Å². The number of hydrogen-bond donors (Lipinski definition) is 1. The Morgan fingerprint density at radius 1 is 1.25 bits per heavy atom. The van der Waals surface area contributed by atoms with Crippen LogP contribution in [0, 0.1) is 6.92 Å². The highest BCUT2D eigenvalue weighted by molar-refractivity contribution is 9.10. The molecule has 2 heterocycles. The molecule has 0 aliphatic rings. The van der Waals surface area contributed by atoms with Gasteiger partial charge in [-0.2, -0.15) is 5.10 Å². The molecule has 0 radical (unpaired) electrons. The molecule has 0 atom stereocenters. The lowest BCUT2D eigenvalue weighted by Crippen LogP contribution is -2.06. The number of aryl methyl sites for hydroxylation is 1. The Hall–Kier alpha value is -2.21. The Labute approximate surface area is 123 Å². The van der Waals surface area contributed by atoms with Crippen LogP contribution in [0.3, 0.4) is 0 Å². The first-order chi connectivity index (χ1) is 9.58. The molecule has 2 aromatic heterocycles. The molecule has 100 valence electrons. The molecule has 0 fully saturated rings. The van der Waals surface area contributed by atoms with Gasteiger partial charge in [0.15, 0.2) is 11.3 Å². The summed E-state index contributed by atoms with van der Waals surface area (Å²) in [6, 6.07) is 11.2. The van der Waals surface area contributed by atoms with E-state index in [1.54, 1.807) is 13.0 Å². The van der Waals surface area contributed by atoms with Crippen LogP contribution in [-0.4, -0.2) is 25.7 Å². The van der Waals surface area contributed by atoms with Gasteiger partial charge in [0.2, 0.25) is 0 Å². The Balaban J connectivity index is 2.28. The van der Waals surface area contributed by atoms with E-state index in [1.807, 2.05) is 30.3 Å². The monoisotopic (exact) mass is 331 g/mol. The molecule has 6 heteroatoms. The lowest BCUT2D eigenvalue weighted by atomic mass is 10.1. The van der Waals surface area contributed by atoms with Gasteiger partial charge in [0.25, 0.3) is 0 Å². The summed E-state index contributed by atoms with van der Waals surface area (Å²) in [5.41, 5.74) is 2.65.